The molecular formula is C13H24N2OS. The molecule has 0 spiro atoms. The lowest BCUT2D eigenvalue weighted by Gasteiger charge is -2.24. The van der Waals surface area contributed by atoms with Crippen molar-refractivity contribution >= 4 is 11.3 Å². The van der Waals surface area contributed by atoms with Crippen LogP contribution in [0.4, 0.5) is 0 Å². The van der Waals surface area contributed by atoms with E-state index in [2.05, 4.69) is 36.5 Å². The molecule has 0 aliphatic carbocycles. The number of methoxy groups -OCH3 is 1. The molecule has 1 N–H and O–H groups in total. The van der Waals surface area contributed by atoms with E-state index in [1.807, 2.05) is 0 Å². The van der Waals surface area contributed by atoms with Crippen LogP contribution in [-0.4, -0.2) is 25.2 Å². The molecule has 1 heterocycles. The van der Waals surface area contributed by atoms with Crippen molar-refractivity contribution in [2.24, 2.45) is 5.92 Å². The molecule has 1 atom stereocenters. The van der Waals surface area contributed by atoms with Crippen molar-refractivity contribution in [2.45, 2.75) is 39.7 Å². The van der Waals surface area contributed by atoms with Crippen molar-refractivity contribution in [3.63, 3.8) is 0 Å². The fourth-order valence-corrected chi connectivity index (χ4v) is 3.01. The van der Waals surface area contributed by atoms with Crippen LogP contribution in [0.3, 0.4) is 0 Å². The number of aryl methyl sites for hydroxylation is 1. The van der Waals surface area contributed by atoms with Crippen LogP contribution in [0.25, 0.3) is 0 Å². The molecule has 0 saturated carbocycles. The number of nitrogens with zero attached hydrogens (tertiary/aromatic N) is 1. The summed E-state index contributed by atoms with van der Waals surface area (Å²) in [5.74, 6) is 0.650. The maximum Gasteiger partial charge on any atom is 0.110 e. The molecule has 0 aliphatic rings. The third-order valence-electron chi connectivity index (χ3n) is 3.09. The number of aromatic nitrogens is 1. The van der Waals surface area contributed by atoms with E-state index >= 15 is 0 Å². The van der Waals surface area contributed by atoms with Crippen LogP contribution in [0.5, 0.6) is 0 Å². The molecule has 0 amide bonds. The predicted octanol–water partition coefficient (Wildman–Crippen LogP) is 3.16. The zero-order chi connectivity index (χ0) is 12.7. The van der Waals surface area contributed by atoms with E-state index in [0.717, 1.165) is 18.8 Å². The maximum atomic E-state index is 5.10. The first kappa shape index (κ1) is 14.6. The minimum absolute atomic E-state index is 0.374. The van der Waals surface area contributed by atoms with Crippen LogP contribution >= 0.6 is 11.3 Å². The average molecular weight is 256 g/mol. The van der Waals surface area contributed by atoms with E-state index in [1.165, 1.54) is 17.8 Å². The topological polar surface area (TPSA) is 34.1 Å². The fourth-order valence-electron chi connectivity index (χ4n) is 2.05. The van der Waals surface area contributed by atoms with Crippen molar-refractivity contribution in [2.75, 3.05) is 20.3 Å². The van der Waals surface area contributed by atoms with Gasteiger partial charge in [0.25, 0.3) is 0 Å². The minimum Gasteiger partial charge on any atom is -0.383 e. The number of hydrogen-bond donors (Lipinski definition) is 1. The van der Waals surface area contributed by atoms with E-state index in [-0.39, 0.29) is 0 Å². The largest absolute Gasteiger partial charge is 0.383 e. The van der Waals surface area contributed by atoms with E-state index in [1.54, 1.807) is 18.4 Å². The lowest BCUT2D eigenvalue weighted by molar-refractivity contribution is 0.189. The van der Waals surface area contributed by atoms with Crippen LogP contribution in [0, 0.1) is 12.8 Å². The lowest BCUT2D eigenvalue weighted by atomic mass is 9.94. The molecule has 0 aromatic carbocycles. The summed E-state index contributed by atoms with van der Waals surface area (Å²) >= 11 is 1.76. The monoisotopic (exact) mass is 256 g/mol. The number of ether oxygens (including phenoxy) is 1. The molecule has 98 valence electrons. The van der Waals surface area contributed by atoms with E-state index in [0.29, 0.717) is 12.0 Å². The molecule has 0 saturated heterocycles. The van der Waals surface area contributed by atoms with Crippen LogP contribution in [0.1, 0.15) is 43.4 Å². The Kier molecular flexibility index (Phi) is 6.70. The third kappa shape index (κ3) is 4.37. The molecule has 0 aliphatic heterocycles. The molecule has 1 unspecified atom stereocenters. The van der Waals surface area contributed by atoms with Gasteiger partial charge in [0.05, 0.1) is 12.6 Å². The first-order valence-electron chi connectivity index (χ1n) is 6.37. The van der Waals surface area contributed by atoms with Crippen molar-refractivity contribution in [1.82, 2.24) is 10.3 Å². The number of nitrogens with one attached hydrogen (secondary N) is 1. The molecule has 1 rings (SSSR count). The second kappa shape index (κ2) is 7.80. The summed E-state index contributed by atoms with van der Waals surface area (Å²) in [5, 5.41) is 6.92. The highest BCUT2D eigenvalue weighted by Gasteiger charge is 2.22. The van der Waals surface area contributed by atoms with Crippen molar-refractivity contribution in [3.05, 3.63) is 16.1 Å². The van der Waals surface area contributed by atoms with E-state index < -0.39 is 0 Å². The molecule has 1 aromatic rings. The standard InChI is InChI=1S/C13H24N2OS/c1-5-11(6-2)12(14-7-8-16-4)13-15-10(3)9-17-13/h9,11-12,14H,5-8H2,1-4H3. The van der Waals surface area contributed by atoms with Gasteiger partial charge in [0.1, 0.15) is 5.01 Å². The first-order valence-corrected chi connectivity index (χ1v) is 7.25. The SMILES string of the molecule is CCC(CC)C(NCCOC)c1nc(C)cs1. The van der Waals surface area contributed by atoms with Gasteiger partial charge in [-0.15, -0.1) is 11.3 Å². The third-order valence-corrected chi connectivity index (χ3v) is 4.14. The van der Waals surface area contributed by atoms with Gasteiger partial charge in [-0.05, 0) is 12.8 Å². The van der Waals surface area contributed by atoms with Gasteiger partial charge in [-0.1, -0.05) is 26.7 Å². The Bertz CT molecular complexity index is 310. The molecular weight excluding hydrogens is 232 g/mol. The van der Waals surface area contributed by atoms with E-state index in [4.69, 9.17) is 4.74 Å². The zero-order valence-corrected chi connectivity index (χ0v) is 12.1. The van der Waals surface area contributed by atoms with Gasteiger partial charge in [0.15, 0.2) is 0 Å². The molecule has 0 bridgehead atoms. The van der Waals surface area contributed by atoms with Crippen molar-refractivity contribution in [3.8, 4) is 0 Å². The summed E-state index contributed by atoms with van der Waals surface area (Å²) in [7, 11) is 1.74. The summed E-state index contributed by atoms with van der Waals surface area (Å²) in [6.45, 7) is 8.19. The molecule has 3 nitrogen and oxygen atoms in total. The Hall–Kier alpha value is -0.450. The summed E-state index contributed by atoms with van der Waals surface area (Å²) in [4.78, 5) is 4.62. The summed E-state index contributed by atoms with van der Waals surface area (Å²) in [6, 6.07) is 0.374. The summed E-state index contributed by atoms with van der Waals surface area (Å²) in [5.41, 5.74) is 1.12. The highest BCUT2D eigenvalue weighted by molar-refractivity contribution is 7.09. The first-order chi connectivity index (χ1) is 8.22. The number of thiazole rings is 1. The fraction of sp³-hybridized carbons (Fsp3) is 0.769. The molecule has 17 heavy (non-hydrogen) atoms. The van der Waals surface area contributed by atoms with Gasteiger partial charge in [0, 0.05) is 24.7 Å². The van der Waals surface area contributed by atoms with Gasteiger partial charge in [-0.3, -0.25) is 0 Å². The van der Waals surface area contributed by atoms with Gasteiger partial charge in [-0.2, -0.15) is 0 Å². The highest BCUT2D eigenvalue weighted by Crippen LogP contribution is 2.29. The van der Waals surface area contributed by atoms with Crippen molar-refractivity contribution in [1.29, 1.82) is 0 Å². The van der Waals surface area contributed by atoms with E-state index in [9.17, 15) is 0 Å². The number of hydrogen-bond acceptors (Lipinski definition) is 4. The van der Waals surface area contributed by atoms with Gasteiger partial charge in [-0.25, -0.2) is 4.98 Å². The molecule has 0 fully saturated rings. The van der Waals surface area contributed by atoms with Crippen LogP contribution < -0.4 is 5.32 Å². The summed E-state index contributed by atoms with van der Waals surface area (Å²) in [6.07, 6.45) is 2.36. The van der Waals surface area contributed by atoms with Crippen LogP contribution in [0.2, 0.25) is 0 Å². The summed E-state index contributed by atoms with van der Waals surface area (Å²) < 4.78 is 5.10. The minimum atomic E-state index is 0.374. The van der Waals surface area contributed by atoms with Crippen LogP contribution in [0.15, 0.2) is 5.38 Å². The van der Waals surface area contributed by atoms with Crippen LogP contribution in [-0.2, 0) is 4.74 Å². The van der Waals surface area contributed by atoms with Gasteiger partial charge in [0.2, 0.25) is 0 Å². The molecule has 1 aromatic heterocycles. The second-order valence-corrected chi connectivity index (χ2v) is 5.22. The smallest absolute Gasteiger partial charge is 0.110 e. The van der Waals surface area contributed by atoms with Gasteiger partial charge >= 0.3 is 0 Å². The maximum absolute atomic E-state index is 5.10. The lowest BCUT2D eigenvalue weighted by Crippen LogP contribution is -2.30. The molecule has 4 heteroatoms. The Morgan fingerprint density at radius 1 is 1.41 bits per heavy atom. The number of rotatable bonds is 8. The van der Waals surface area contributed by atoms with Gasteiger partial charge < -0.3 is 10.1 Å². The Balaban J connectivity index is 2.70. The zero-order valence-electron chi connectivity index (χ0n) is 11.3. The normalized spacial score (nSPS) is 13.2. The van der Waals surface area contributed by atoms with Crippen molar-refractivity contribution < 1.29 is 4.74 Å². The second-order valence-electron chi connectivity index (χ2n) is 4.33. The predicted molar refractivity (Wildman–Crippen MR) is 73.5 cm³/mol. The Labute approximate surface area is 109 Å². The average Bonchev–Trinajstić information content (AvgIpc) is 2.75. The highest BCUT2D eigenvalue weighted by atomic mass is 32.1. The Morgan fingerprint density at radius 2 is 2.12 bits per heavy atom. The quantitative estimate of drug-likeness (QED) is 0.725. The molecule has 0 radical (unpaired) electrons. The Morgan fingerprint density at radius 3 is 2.59 bits per heavy atom.